The zero-order valence-corrected chi connectivity index (χ0v) is 13.9. The summed E-state index contributed by atoms with van der Waals surface area (Å²) in [5, 5.41) is 0.154. The second-order valence-electron chi connectivity index (χ2n) is 3.41. The molecule has 19 heavy (non-hydrogen) atoms. The van der Waals surface area contributed by atoms with Gasteiger partial charge in [0.05, 0.1) is 0 Å². The number of sulfonamides is 1. The van der Waals surface area contributed by atoms with Crippen molar-refractivity contribution >= 4 is 59.3 Å². The number of nitrogens with zero attached hydrogens (tertiary/aromatic N) is 2. The van der Waals surface area contributed by atoms with Crippen LogP contribution in [0.25, 0.3) is 0 Å². The molecule has 2 rings (SSSR count). The number of benzene rings is 1. The van der Waals surface area contributed by atoms with E-state index in [9.17, 15) is 8.42 Å². The van der Waals surface area contributed by atoms with Crippen molar-refractivity contribution in [3.8, 4) is 0 Å². The first-order chi connectivity index (χ1) is 8.88. The molecule has 1 aromatic heterocycles. The minimum atomic E-state index is -3.76. The Morgan fingerprint density at radius 1 is 1.16 bits per heavy atom. The van der Waals surface area contributed by atoms with E-state index < -0.39 is 10.0 Å². The van der Waals surface area contributed by atoms with Crippen molar-refractivity contribution in [3.05, 3.63) is 44.7 Å². The highest BCUT2D eigenvalue weighted by atomic mass is 79.9. The molecular weight excluding hydrogens is 421 g/mol. The number of anilines is 1. The summed E-state index contributed by atoms with van der Waals surface area (Å²) in [6.45, 7) is 0. The fraction of sp³-hybridized carbons (Fsp3) is 0. The number of hydrogen-bond acceptors (Lipinski definition) is 4. The second-order valence-corrected chi connectivity index (χ2v) is 7.21. The Hall–Kier alpha value is -0.700. The highest BCUT2D eigenvalue weighted by molar-refractivity contribution is 9.11. The summed E-state index contributed by atoms with van der Waals surface area (Å²) in [6.07, 6.45) is 1.18. The smallest absolute Gasteiger partial charge is 0.263 e. The number of halogens is 3. The van der Waals surface area contributed by atoms with Crippen LogP contribution in [0.1, 0.15) is 0 Å². The van der Waals surface area contributed by atoms with Crippen LogP contribution in [-0.4, -0.2) is 18.4 Å². The summed E-state index contributed by atoms with van der Waals surface area (Å²) >= 11 is 12.1. The van der Waals surface area contributed by atoms with Crippen LogP contribution in [0, 0.1) is 0 Å². The highest BCUT2D eigenvalue weighted by Crippen LogP contribution is 2.27. The summed E-state index contributed by atoms with van der Waals surface area (Å²) in [7, 11) is -3.76. The van der Waals surface area contributed by atoms with E-state index in [1.807, 2.05) is 0 Å². The molecule has 0 aliphatic carbocycles. The lowest BCUT2D eigenvalue weighted by molar-refractivity contribution is 0.600. The van der Waals surface area contributed by atoms with Gasteiger partial charge in [-0.15, -0.1) is 0 Å². The number of nitrogens with one attached hydrogen (secondary N) is 1. The summed E-state index contributed by atoms with van der Waals surface area (Å²) in [5.41, 5.74) is 0. The fourth-order valence-electron chi connectivity index (χ4n) is 1.27. The summed E-state index contributed by atoms with van der Waals surface area (Å²) in [6, 6.07) is 6.16. The molecule has 0 aliphatic rings. The van der Waals surface area contributed by atoms with E-state index in [0.717, 1.165) is 0 Å². The van der Waals surface area contributed by atoms with E-state index in [0.29, 0.717) is 8.95 Å². The van der Waals surface area contributed by atoms with Crippen molar-refractivity contribution in [3.63, 3.8) is 0 Å². The summed E-state index contributed by atoms with van der Waals surface area (Å²) in [5.74, 6) is 0.104. The Morgan fingerprint density at radius 3 is 2.58 bits per heavy atom. The maximum absolute atomic E-state index is 12.2. The molecule has 100 valence electrons. The molecule has 1 N–H and O–H groups in total. The molecule has 0 aliphatic heterocycles. The molecule has 0 atom stereocenters. The number of rotatable bonds is 3. The van der Waals surface area contributed by atoms with Gasteiger partial charge in [-0.3, -0.25) is 4.72 Å². The largest absolute Gasteiger partial charge is 0.264 e. The number of hydrogen-bond donors (Lipinski definition) is 1. The van der Waals surface area contributed by atoms with Crippen LogP contribution in [0.3, 0.4) is 0 Å². The Kier molecular flexibility index (Phi) is 4.44. The van der Waals surface area contributed by atoms with E-state index in [1.54, 1.807) is 12.1 Å². The standard InChI is InChI=1S/C10H6Br2ClN3O2S/c11-6-1-2-7(12)8(3-6)19(17,18)16-10-4-9(13)14-5-15-10/h1-5H,(H,14,15,16). The third-order valence-corrected chi connectivity index (χ3v) is 5.10. The van der Waals surface area contributed by atoms with Crippen LogP contribution in [-0.2, 0) is 10.0 Å². The SMILES string of the molecule is O=S(=O)(Nc1cc(Cl)ncn1)c1cc(Br)ccc1Br. The van der Waals surface area contributed by atoms with E-state index >= 15 is 0 Å². The fourth-order valence-corrected chi connectivity index (χ4v) is 3.91. The van der Waals surface area contributed by atoms with Gasteiger partial charge < -0.3 is 0 Å². The van der Waals surface area contributed by atoms with Crippen LogP contribution in [0.2, 0.25) is 5.15 Å². The van der Waals surface area contributed by atoms with Gasteiger partial charge in [0.15, 0.2) is 0 Å². The minimum Gasteiger partial charge on any atom is -0.263 e. The zero-order valence-electron chi connectivity index (χ0n) is 9.14. The molecule has 0 unspecified atom stereocenters. The highest BCUT2D eigenvalue weighted by Gasteiger charge is 2.18. The van der Waals surface area contributed by atoms with Gasteiger partial charge in [0.25, 0.3) is 10.0 Å². The van der Waals surface area contributed by atoms with Gasteiger partial charge in [0, 0.05) is 15.0 Å². The summed E-state index contributed by atoms with van der Waals surface area (Å²) < 4.78 is 27.9. The molecule has 0 fully saturated rings. The van der Waals surface area contributed by atoms with Gasteiger partial charge in [0.2, 0.25) is 0 Å². The lowest BCUT2D eigenvalue weighted by Crippen LogP contribution is -2.14. The molecular formula is C10H6Br2ClN3O2S. The van der Waals surface area contributed by atoms with Gasteiger partial charge in [-0.1, -0.05) is 27.5 Å². The van der Waals surface area contributed by atoms with Crippen molar-refractivity contribution < 1.29 is 8.42 Å². The molecule has 9 heteroatoms. The topological polar surface area (TPSA) is 72.0 Å². The van der Waals surface area contributed by atoms with E-state index in [1.165, 1.54) is 18.5 Å². The Morgan fingerprint density at radius 2 is 1.89 bits per heavy atom. The summed E-state index contributed by atoms with van der Waals surface area (Å²) in [4.78, 5) is 7.56. The Labute approximate surface area is 131 Å². The maximum Gasteiger partial charge on any atom is 0.264 e. The molecule has 0 amide bonds. The molecule has 1 aromatic carbocycles. The average Bonchev–Trinajstić information content (AvgIpc) is 2.31. The lowest BCUT2D eigenvalue weighted by atomic mass is 10.4. The second kappa shape index (κ2) is 5.74. The van der Waals surface area contributed by atoms with Crippen LogP contribution in [0.4, 0.5) is 5.82 Å². The Balaban J connectivity index is 2.40. The average molecular weight is 428 g/mol. The molecule has 1 heterocycles. The normalized spacial score (nSPS) is 11.3. The van der Waals surface area contributed by atoms with Crippen molar-refractivity contribution in [2.45, 2.75) is 4.90 Å². The van der Waals surface area contributed by atoms with E-state index in [4.69, 9.17) is 11.6 Å². The lowest BCUT2D eigenvalue weighted by Gasteiger charge is -2.09. The van der Waals surface area contributed by atoms with Crippen molar-refractivity contribution in [2.24, 2.45) is 0 Å². The van der Waals surface area contributed by atoms with Crippen LogP contribution in [0.5, 0.6) is 0 Å². The number of aromatic nitrogens is 2. The van der Waals surface area contributed by atoms with Gasteiger partial charge in [0.1, 0.15) is 22.2 Å². The van der Waals surface area contributed by atoms with Gasteiger partial charge in [-0.2, -0.15) is 0 Å². The van der Waals surface area contributed by atoms with Gasteiger partial charge >= 0.3 is 0 Å². The van der Waals surface area contributed by atoms with Crippen molar-refractivity contribution in [1.82, 2.24) is 9.97 Å². The predicted octanol–water partition coefficient (Wildman–Crippen LogP) is 3.46. The molecule has 2 aromatic rings. The Bertz CT molecular complexity index is 724. The molecule has 0 radical (unpaired) electrons. The first kappa shape index (κ1) is 14.7. The first-order valence-electron chi connectivity index (χ1n) is 4.84. The van der Waals surface area contributed by atoms with Gasteiger partial charge in [-0.25, -0.2) is 18.4 Å². The van der Waals surface area contributed by atoms with Crippen molar-refractivity contribution in [1.29, 1.82) is 0 Å². The molecule has 5 nitrogen and oxygen atoms in total. The third-order valence-electron chi connectivity index (χ3n) is 2.06. The van der Waals surface area contributed by atoms with E-state index in [-0.39, 0.29) is 15.9 Å². The quantitative estimate of drug-likeness (QED) is 0.762. The minimum absolute atomic E-state index is 0.0941. The third kappa shape index (κ3) is 3.65. The van der Waals surface area contributed by atoms with Crippen molar-refractivity contribution in [2.75, 3.05) is 4.72 Å². The van der Waals surface area contributed by atoms with Crippen LogP contribution < -0.4 is 4.72 Å². The van der Waals surface area contributed by atoms with Gasteiger partial charge in [-0.05, 0) is 34.1 Å². The van der Waals surface area contributed by atoms with Crippen LogP contribution in [0.15, 0.2) is 44.4 Å². The van der Waals surface area contributed by atoms with Crippen LogP contribution >= 0.6 is 43.5 Å². The molecule has 0 saturated heterocycles. The maximum atomic E-state index is 12.2. The van der Waals surface area contributed by atoms with E-state index in [2.05, 4.69) is 46.5 Å². The predicted molar refractivity (Wildman–Crippen MR) is 79.7 cm³/mol. The molecule has 0 spiro atoms. The zero-order chi connectivity index (χ0) is 14.0. The molecule has 0 bridgehead atoms. The monoisotopic (exact) mass is 425 g/mol. The molecule has 0 saturated carbocycles. The first-order valence-corrected chi connectivity index (χ1v) is 8.28.